The molecule has 3 heteroatoms. The molecule has 0 saturated carbocycles. The summed E-state index contributed by atoms with van der Waals surface area (Å²) in [5, 5.41) is 0. The van der Waals surface area contributed by atoms with Crippen LogP contribution >= 0.6 is 0 Å². The number of piperidine rings is 1. The zero-order valence-electron chi connectivity index (χ0n) is 15.0. The van der Waals surface area contributed by atoms with Gasteiger partial charge in [-0.2, -0.15) is 0 Å². The van der Waals surface area contributed by atoms with Gasteiger partial charge in [0.1, 0.15) is 5.82 Å². The molecule has 1 saturated heterocycles. The van der Waals surface area contributed by atoms with Gasteiger partial charge in [-0.3, -0.25) is 4.90 Å². The molecule has 1 aliphatic rings. The number of benzene rings is 1. The zero-order chi connectivity index (χ0) is 16.8. The van der Waals surface area contributed by atoms with E-state index in [0.717, 1.165) is 25.5 Å². The molecule has 0 N–H and O–H groups in total. The first-order valence-electron chi connectivity index (χ1n) is 9.30. The first-order chi connectivity index (χ1) is 11.8. The second-order valence-corrected chi connectivity index (χ2v) is 6.59. The van der Waals surface area contributed by atoms with E-state index in [4.69, 9.17) is 4.98 Å². The lowest BCUT2D eigenvalue weighted by Gasteiger charge is -2.36. The van der Waals surface area contributed by atoms with Crippen LogP contribution in [-0.2, 0) is 6.54 Å². The minimum atomic E-state index is 0.497. The Morgan fingerprint density at radius 1 is 1.04 bits per heavy atom. The lowest BCUT2D eigenvalue weighted by Crippen LogP contribution is -2.33. The number of rotatable bonds is 6. The molecule has 1 fully saturated rings. The average Bonchev–Trinajstić information content (AvgIpc) is 2.65. The molecule has 1 aromatic heterocycles. The molecule has 0 unspecified atom stereocenters. The summed E-state index contributed by atoms with van der Waals surface area (Å²) < 4.78 is 0. The van der Waals surface area contributed by atoms with E-state index < -0.39 is 0 Å². The van der Waals surface area contributed by atoms with Gasteiger partial charge in [0.15, 0.2) is 0 Å². The third kappa shape index (κ3) is 3.96. The van der Waals surface area contributed by atoms with Crippen molar-refractivity contribution in [3.05, 3.63) is 59.8 Å². The average molecular weight is 323 g/mol. The van der Waals surface area contributed by atoms with Crippen LogP contribution in [0.3, 0.4) is 0 Å². The van der Waals surface area contributed by atoms with Gasteiger partial charge < -0.3 is 4.90 Å². The highest BCUT2D eigenvalue weighted by molar-refractivity contribution is 5.39. The maximum Gasteiger partial charge on any atom is 0.128 e. The molecule has 1 atom stereocenters. The summed E-state index contributed by atoms with van der Waals surface area (Å²) in [5.41, 5.74) is 2.76. The van der Waals surface area contributed by atoms with Crippen LogP contribution in [0.2, 0.25) is 0 Å². The van der Waals surface area contributed by atoms with Crippen molar-refractivity contribution in [1.29, 1.82) is 0 Å². The van der Waals surface area contributed by atoms with E-state index in [1.165, 1.54) is 36.9 Å². The summed E-state index contributed by atoms with van der Waals surface area (Å²) in [6, 6.07) is 15.8. The van der Waals surface area contributed by atoms with Gasteiger partial charge in [0, 0.05) is 31.9 Å². The SMILES string of the molecule is CCN(CC)c1ccc([C@@H]2CCCCN2Cc2ccccc2)cn1. The largest absolute Gasteiger partial charge is 0.357 e. The zero-order valence-corrected chi connectivity index (χ0v) is 15.0. The number of pyridine rings is 1. The topological polar surface area (TPSA) is 19.4 Å². The summed E-state index contributed by atoms with van der Waals surface area (Å²) in [6.45, 7) is 8.59. The van der Waals surface area contributed by atoms with Crippen LogP contribution in [0, 0.1) is 0 Å². The van der Waals surface area contributed by atoms with Crippen molar-refractivity contribution in [2.45, 2.75) is 45.7 Å². The Morgan fingerprint density at radius 3 is 2.50 bits per heavy atom. The van der Waals surface area contributed by atoms with Crippen molar-refractivity contribution < 1.29 is 0 Å². The van der Waals surface area contributed by atoms with Gasteiger partial charge in [0.2, 0.25) is 0 Å². The second kappa shape index (κ2) is 8.29. The number of likely N-dealkylation sites (tertiary alicyclic amines) is 1. The van der Waals surface area contributed by atoms with Crippen LogP contribution in [-0.4, -0.2) is 29.5 Å². The lowest BCUT2D eigenvalue weighted by atomic mass is 9.95. The molecule has 0 spiro atoms. The van der Waals surface area contributed by atoms with Gasteiger partial charge in [0.05, 0.1) is 0 Å². The fraction of sp³-hybridized carbons (Fsp3) is 0.476. The number of hydrogen-bond acceptors (Lipinski definition) is 3. The molecule has 0 bridgehead atoms. The summed E-state index contributed by atoms with van der Waals surface area (Å²) in [5.74, 6) is 1.09. The molecular weight excluding hydrogens is 294 g/mol. The Hall–Kier alpha value is -1.87. The smallest absolute Gasteiger partial charge is 0.128 e. The molecule has 3 nitrogen and oxygen atoms in total. The van der Waals surface area contributed by atoms with Crippen LogP contribution in [0.15, 0.2) is 48.7 Å². The minimum absolute atomic E-state index is 0.497. The summed E-state index contributed by atoms with van der Waals surface area (Å²) in [6.07, 6.45) is 5.95. The van der Waals surface area contributed by atoms with Crippen molar-refractivity contribution in [2.75, 3.05) is 24.5 Å². The first-order valence-corrected chi connectivity index (χ1v) is 9.30. The molecule has 0 amide bonds. The molecular formula is C21H29N3. The molecule has 128 valence electrons. The van der Waals surface area contributed by atoms with Crippen molar-refractivity contribution in [3.63, 3.8) is 0 Å². The summed E-state index contributed by atoms with van der Waals surface area (Å²) >= 11 is 0. The van der Waals surface area contributed by atoms with Crippen LogP contribution < -0.4 is 4.90 Å². The highest BCUT2D eigenvalue weighted by Gasteiger charge is 2.24. The summed E-state index contributed by atoms with van der Waals surface area (Å²) in [4.78, 5) is 9.65. The highest BCUT2D eigenvalue weighted by atomic mass is 15.2. The van der Waals surface area contributed by atoms with E-state index in [0.29, 0.717) is 6.04 Å². The Morgan fingerprint density at radius 2 is 1.83 bits per heavy atom. The van der Waals surface area contributed by atoms with Gasteiger partial charge in [-0.05, 0) is 50.4 Å². The number of hydrogen-bond donors (Lipinski definition) is 0. The highest BCUT2D eigenvalue weighted by Crippen LogP contribution is 2.32. The molecule has 24 heavy (non-hydrogen) atoms. The quantitative estimate of drug-likeness (QED) is 0.771. The van der Waals surface area contributed by atoms with Gasteiger partial charge in [0.25, 0.3) is 0 Å². The molecule has 0 aliphatic carbocycles. The van der Waals surface area contributed by atoms with E-state index >= 15 is 0 Å². The van der Waals surface area contributed by atoms with Crippen molar-refractivity contribution in [2.24, 2.45) is 0 Å². The van der Waals surface area contributed by atoms with Crippen LogP contribution in [0.25, 0.3) is 0 Å². The van der Waals surface area contributed by atoms with Crippen molar-refractivity contribution in [3.8, 4) is 0 Å². The lowest BCUT2D eigenvalue weighted by molar-refractivity contribution is 0.140. The molecule has 2 heterocycles. The van der Waals surface area contributed by atoms with Gasteiger partial charge in [-0.25, -0.2) is 4.98 Å². The van der Waals surface area contributed by atoms with E-state index in [2.05, 4.69) is 72.3 Å². The first kappa shape index (κ1) is 17.0. The maximum absolute atomic E-state index is 4.74. The summed E-state index contributed by atoms with van der Waals surface area (Å²) in [7, 11) is 0. The minimum Gasteiger partial charge on any atom is -0.357 e. The van der Waals surface area contributed by atoms with Crippen molar-refractivity contribution in [1.82, 2.24) is 9.88 Å². The van der Waals surface area contributed by atoms with Crippen LogP contribution in [0.4, 0.5) is 5.82 Å². The standard InChI is InChI=1S/C21H29N3/c1-3-23(4-2)21-14-13-19(16-22-21)20-12-8-9-15-24(20)17-18-10-6-5-7-11-18/h5-7,10-11,13-14,16,20H,3-4,8-9,12,15,17H2,1-2H3/t20-/m0/s1. The van der Waals surface area contributed by atoms with E-state index in [1.807, 2.05) is 0 Å². The Kier molecular flexibility index (Phi) is 5.86. The van der Waals surface area contributed by atoms with E-state index in [1.54, 1.807) is 0 Å². The predicted molar refractivity (Wildman–Crippen MR) is 101 cm³/mol. The predicted octanol–water partition coefficient (Wildman–Crippen LogP) is 4.66. The number of aromatic nitrogens is 1. The third-order valence-electron chi connectivity index (χ3n) is 5.09. The Labute approximate surface area is 146 Å². The normalized spacial score (nSPS) is 18.5. The van der Waals surface area contributed by atoms with Gasteiger partial charge >= 0.3 is 0 Å². The maximum atomic E-state index is 4.74. The molecule has 0 radical (unpaired) electrons. The van der Waals surface area contributed by atoms with E-state index in [9.17, 15) is 0 Å². The third-order valence-corrected chi connectivity index (χ3v) is 5.09. The fourth-order valence-corrected chi connectivity index (χ4v) is 3.70. The Balaban J connectivity index is 1.75. The second-order valence-electron chi connectivity index (χ2n) is 6.59. The number of anilines is 1. The molecule has 1 aliphatic heterocycles. The van der Waals surface area contributed by atoms with Crippen LogP contribution in [0.1, 0.15) is 50.3 Å². The van der Waals surface area contributed by atoms with Gasteiger partial charge in [-0.15, -0.1) is 0 Å². The molecule has 3 rings (SSSR count). The van der Waals surface area contributed by atoms with Crippen LogP contribution in [0.5, 0.6) is 0 Å². The monoisotopic (exact) mass is 323 g/mol. The van der Waals surface area contributed by atoms with E-state index in [-0.39, 0.29) is 0 Å². The molecule has 2 aromatic rings. The fourth-order valence-electron chi connectivity index (χ4n) is 3.70. The Bertz CT molecular complexity index is 605. The molecule has 1 aromatic carbocycles. The van der Waals surface area contributed by atoms with Crippen molar-refractivity contribution >= 4 is 5.82 Å². The number of nitrogens with zero attached hydrogens (tertiary/aromatic N) is 3. The van der Waals surface area contributed by atoms with Gasteiger partial charge in [-0.1, -0.05) is 42.8 Å².